The van der Waals surface area contributed by atoms with Gasteiger partial charge in [-0.1, -0.05) is 164 Å². The van der Waals surface area contributed by atoms with E-state index in [9.17, 15) is 0 Å². The third-order valence-corrected chi connectivity index (χ3v) is 9.72. The standard InChI is InChI=1S/C47H29N3O/c1-3-11-30(12-4-1)36-16-9-17-37(29-36)47-49-45(34-14-5-2-6-15-34)48-46(50-47)35-25-22-32(23-26-35)39-19-10-20-40-41-28-27-33-24-21-31-13-7-8-18-38(31)42(33)44(41)51-43(39)40/h1-29H. The smallest absolute Gasteiger partial charge is 0.164 e. The number of fused-ring (bicyclic) bond motifs is 7. The van der Waals surface area contributed by atoms with Gasteiger partial charge in [-0.15, -0.1) is 0 Å². The second kappa shape index (κ2) is 11.9. The molecule has 0 aliphatic heterocycles. The first kappa shape index (κ1) is 29.0. The largest absolute Gasteiger partial charge is 0.455 e. The lowest BCUT2D eigenvalue weighted by Gasteiger charge is -2.10. The van der Waals surface area contributed by atoms with E-state index < -0.39 is 0 Å². The summed E-state index contributed by atoms with van der Waals surface area (Å²) in [5.74, 6) is 1.89. The Hall–Kier alpha value is -6.91. The zero-order valence-electron chi connectivity index (χ0n) is 27.5. The van der Waals surface area contributed by atoms with Crippen LogP contribution in [0, 0.1) is 0 Å². The Morgan fingerprint density at radius 2 is 0.843 bits per heavy atom. The fourth-order valence-corrected chi connectivity index (χ4v) is 7.19. The molecule has 0 fully saturated rings. The molecule has 0 radical (unpaired) electrons. The van der Waals surface area contributed by atoms with E-state index in [1.807, 2.05) is 36.4 Å². The van der Waals surface area contributed by atoms with Crippen molar-refractivity contribution in [2.75, 3.05) is 0 Å². The number of rotatable bonds is 5. The lowest BCUT2D eigenvalue weighted by Crippen LogP contribution is -2.00. The van der Waals surface area contributed by atoms with Crippen molar-refractivity contribution in [3.63, 3.8) is 0 Å². The van der Waals surface area contributed by atoms with Crippen LogP contribution < -0.4 is 0 Å². The molecule has 0 aliphatic rings. The molecule has 0 spiro atoms. The highest BCUT2D eigenvalue weighted by atomic mass is 16.3. The Bertz CT molecular complexity index is 2900. The number of hydrogen-bond donors (Lipinski definition) is 0. The van der Waals surface area contributed by atoms with Crippen LogP contribution in [0.2, 0.25) is 0 Å². The first-order chi connectivity index (χ1) is 25.3. The predicted molar refractivity (Wildman–Crippen MR) is 209 cm³/mol. The molecule has 0 aliphatic carbocycles. The summed E-state index contributed by atoms with van der Waals surface area (Å²) >= 11 is 0. The maximum absolute atomic E-state index is 6.81. The van der Waals surface area contributed by atoms with Crippen molar-refractivity contribution in [2.24, 2.45) is 0 Å². The minimum atomic E-state index is 0.621. The second-order valence-corrected chi connectivity index (χ2v) is 12.8. The molecule has 0 N–H and O–H groups in total. The topological polar surface area (TPSA) is 51.8 Å². The van der Waals surface area contributed by atoms with E-state index >= 15 is 0 Å². The fourth-order valence-electron chi connectivity index (χ4n) is 7.19. The van der Waals surface area contributed by atoms with Crippen molar-refractivity contribution >= 4 is 43.5 Å². The monoisotopic (exact) mass is 651 g/mol. The van der Waals surface area contributed by atoms with Gasteiger partial charge in [-0.25, -0.2) is 15.0 Å². The number of para-hydroxylation sites is 1. The van der Waals surface area contributed by atoms with Gasteiger partial charge in [-0.05, 0) is 45.0 Å². The summed E-state index contributed by atoms with van der Waals surface area (Å²) in [5.41, 5.74) is 8.95. The van der Waals surface area contributed by atoms with Crippen molar-refractivity contribution in [2.45, 2.75) is 0 Å². The van der Waals surface area contributed by atoms with Crippen LogP contribution in [-0.2, 0) is 0 Å². The van der Waals surface area contributed by atoms with Crippen LogP contribution in [0.25, 0.3) is 99.9 Å². The van der Waals surface area contributed by atoms with Crippen molar-refractivity contribution < 1.29 is 4.42 Å². The molecule has 2 heterocycles. The number of furan rings is 1. The molecule has 4 heteroatoms. The Labute approximate surface area is 294 Å². The van der Waals surface area contributed by atoms with E-state index in [4.69, 9.17) is 19.4 Å². The molecule has 238 valence electrons. The third kappa shape index (κ3) is 5.04. The van der Waals surface area contributed by atoms with Gasteiger partial charge in [0.25, 0.3) is 0 Å². The van der Waals surface area contributed by atoms with Crippen LogP contribution in [0.3, 0.4) is 0 Å². The lowest BCUT2D eigenvalue weighted by atomic mass is 9.98. The summed E-state index contributed by atoms with van der Waals surface area (Å²) in [5, 5.41) is 6.95. The van der Waals surface area contributed by atoms with Crippen LogP contribution in [0.1, 0.15) is 0 Å². The van der Waals surface area contributed by atoms with Crippen molar-refractivity contribution in [1.82, 2.24) is 15.0 Å². The number of aromatic nitrogens is 3. The maximum atomic E-state index is 6.81. The van der Waals surface area contributed by atoms with Gasteiger partial charge in [0.2, 0.25) is 0 Å². The molecule has 0 saturated carbocycles. The third-order valence-electron chi connectivity index (χ3n) is 9.72. The average Bonchev–Trinajstić information content (AvgIpc) is 3.60. The normalized spacial score (nSPS) is 11.5. The summed E-state index contributed by atoms with van der Waals surface area (Å²) in [7, 11) is 0. The average molecular weight is 652 g/mol. The fraction of sp³-hybridized carbons (Fsp3) is 0. The van der Waals surface area contributed by atoms with E-state index in [-0.39, 0.29) is 0 Å². The summed E-state index contributed by atoms with van der Waals surface area (Å²) in [6.07, 6.45) is 0. The summed E-state index contributed by atoms with van der Waals surface area (Å²) in [6.45, 7) is 0. The van der Waals surface area contributed by atoms with E-state index in [1.54, 1.807) is 0 Å². The Kier molecular flexibility index (Phi) is 6.78. The van der Waals surface area contributed by atoms with E-state index in [0.717, 1.165) is 66.3 Å². The summed E-state index contributed by atoms with van der Waals surface area (Å²) in [6, 6.07) is 60.9. The minimum Gasteiger partial charge on any atom is -0.455 e. The Balaban J connectivity index is 1.08. The molecule has 8 aromatic carbocycles. The van der Waals surface area contributed by atoms with E-state index in [1.165, 1.54) is 16.2 Å². The molecule has 0 bridgehead atoms. The van der Waals surface area contributed by atoms with Crippen LogP contribution >= 0.6 is 0 Å². The van der Waals surface area contributed by atoms with Gasteiger partial charge in [0.1, 0.15) is 11.2 Å². The second-order valence-electron chi connectivity index (χ2n) is 12.8. The summed E-state index contributed by atoms with van der Waals surface area (Å²) in [4.78, 5) is 15.0. The van der Waals surface area contributed by atoms with Gasteiger partial charge in [0, 0.05) is 38.4 Å². The molecule has 0 unspecified atom stereocenters. The maximum Gasteiger partial charge on any atom is 0.164 e. The van der Waals surface area contributed by atoms with Crippen molar-refractivity contribution in [3.05, 3.63) is 176 Å². The van der Waals surface area contributed by atoms with Crippen molar-refractivity contribution in [1.29, 1.82) is 0 Å². The van der Waals surface area contributed by atoms with Crippen LogP contribution in [0.15, 0.2) is 180 Å². The van der Waals surface area contributed by atoms with E-state index in [2.05, 4.69) is 140 Å². The molecule has 4 nitrogen and oxygen atoms in total. The highest BCUT2D eigenvalue weighted by molar-refractivity contribution is 6.23. The molecule has 2 aromatic heterocycles. The van der Waals surface area contributed by atoms with Crippen LogP contribution in [0.5, 0.6) is 0 Å². The highest BCUT2D eigenvalue weighted by Gasteiger charge is 2.17. The molecule has 10 rings (SSSR count). The molecule has 0 amide bonds. The molecular formula is C47H29N3O. The first-order valence-electron chi connectivity index (χ1n) is 17.1. The SMILES string of the molecule is c1ccc(-c2cccc(-c3nc(-c4ccccc4)nc(-c4ccc(-c5cccc6c5oc5c6ccc6ccc7ccccc7c65)cc4)n3)c2)cc1. The summed E-state index contributed by atoms with van der Waals surface area (Å²) < 4.78 is 6.81. The zero-order chi connectivity index (χ0) is 33.7. The number of hydrogen-bond acceptors (Lipinski definition) is 4. The zero-order valence-corrected chi connectivity index (χ0v) is 27.5. The highest BCUT2D eigenvalue weighted by Crippen LogP contribution is 2.41. The van der Waals surface area contributed by atoms with Gasteiger partial charge in [-0.2, -0.15) is 0 Å². The van der Waals surface area contributed by atoms with E-state index in [0.29, 0.717) is 17.5 Å². The molecule has 51 heavy (non-hydrogen) atoms. The van der Waals surface area contributed by atoms with Gasteiger partial charge >= 0.3 is 0 Å². The number of benzene rings is 8. The van der Waals surface area contributed by atoms with Gasteiger partial charge in [0.15, 0.2) is 17.5 Å². The van der Waals surface area contributed by atoms with Crippen LogP contribution in [0.4, 0.5) is 0 Å². The Morgan fingerprint density at radius 1 is 0.314 bits per heavy atom. The molecule has 0 atom stereocenters. The van der Waals surface area contributed by atoms with Gasteiger partial charge in [0.05, 0.1) is 0 Å². The van der Waals surface area contributed by atoms with Gasteiger partial charge < -0.3 is 4.42 Å². The Morgan fingerprint density at radius 3 is 1.63 bits per heavy atom. The van der Waals surface area contributed by atoms with Crippen LogP contribution in [-0.4, -0.2) is 15.0 Å². The minimum absolute atomic E-state index is 0.621. The molecule has 0 saturated heterocycles. The van der Waals surface area contributed by atoms with Gasteiger partial charge in [-0.3, -0.25) is 0 Å². The van der Waals surface area contributed by atoms with Crippen molar-refractivity contribution in [3.8, 4) is 56.4 Å². The molecular weight excluding hydrogens is 623 g/mol. The quantitative estimate of drug-likeness (QED) is 0.174. The first-order valence-corrected chi connectivity index (χ1v) is 17.1. The molecule has 10 aromatic rings. The lowest BCUT2D eigenvalue weighted by molar-refractivity contribution is 0.674. The predicted octanol–water partition coefficient (Wildman–Crippen LogP) is 12.4. The number of nitrogens with zero attached hydrogens (tertiary/aromatic N) is 3.